The molecule has 0 spiro atoms. The third-order valence-corrected chi connectivity index (χ3v) is 3.72. The number of carbonyl (C=O) groups is 2. The molecule has 2 aromatic rings. The van der Waals surface area contributed by atoms with E-state index in [1.165, 1.54) is 0 Å². The Balaban J connectivity index is 1.52. The van der Waals surface area contributed by atoms with Crippen molar-refractivity contribution in [3.05, 3.63) is 60.7 Å². The van der Waals surface area contributed by atoms with Gasteiger partial charge in [0.2, 0.25) is 5.91 Å². The van der Waals surface area contributed by atoms with Gasteiger partial charge in [0, 0.05) is 12.2 Å². The van der Waals surface area contributed by atoms with Gasteiger partial charge in [0.05, 0.1) is 0 Å². The number of anilines is 1. The van der Waals surface area contributed by atoms with Gasteiger partial charge in [0.15, 0.2) is 6.61 Å². The molecule has 0 radical (unpaired) electrons. The molecule has 1 atom stereocenters. The van der Waals surface area contributed by atoms with E-state index in [0.717, 1.165) is 5.69 Å². The molecule has 5 nitrogen and oxygen atoms in total. The number of nitrogens with zero attached hydrogens (tertiary/aromatic N) is 1. The normalized spacial score (nSPS) is 17.1. The third-order valence-electron chi connectivity index (χ3n) is 3.72. The van der Waals surface area contributed by atoms with Crippen molar-refractivity contribution < 1.29 is 14.3 Å². The van der Waals surface area contributed by atoms with Crippen LogP contribution in [0.2, 0.25) is 0 Å². The Hall–Kier alpha value is -2.82. The molecule has 0 unspecified atom stereocenters. The number of amides is 2. The number of carbonyl (C=O) groups excluding carboxylic acids is 2. The summed E-state index contributed by atoms with van der Waals surface area (Å²) in [6.45, 7) is 0.506. The lowest BCUT2D eigenvalue weighted by Gasteiger charge is -2.17. The minimum absolute atomic E-state index is 0.0794. The van der Waals surface area contributed by atoms with Gasteiger partial charge in [-0.05, 0) is 30.7 Å². The lowest BCUT2D eigenvalue weighted by Crippen LogP contribution is -2.43. The van der Waals surface area contributed by atoms with Gasteiger partial charge in [-0.1, -0.05) is 36.4 Å². The van der Waals surface area contributed by atoms with Crippen molar-refractivity contribution in [3.8, 4) is 5.75 Å². The summed E-state index contributed by atoms with van der Waals surface area (Å²) in [5.74, 6) is 0.262. The summed E-state index contributed by atoms with van der Waals surface area (Å²) >= 11 is 0. The summed E-state index contributed by atoms with van der Waals surface area (Å²) < 4.78 is 5.39. The average Bonchev–Trinajstić information content (AvgIpc) is 2.95. The fourth-order valence-electron chi connectivity index (χ4n) is 2.58. The summed E-state index contributed by atoms with van der Waals surface area (Å²) in [6.07, 6.45) is 0.602. The van der Waals surface area contributed by atoms with Gasteiger partial charge in [0.1, 0.15) is 11.8 Å². The maximum atomic E-state index is 12.4. The van der Waals surface area contributed by atoms with Crippen molar-refractivity contribution in [2.24, 2.45) is 0 Å². The molecule has 1 aliphatic rings. The summed E-state index contributed by atoms with van der Waals surface area (Å²) in [5.41, 5.74) is 0.856. The van der Waals surface area contributed by atoms with Crippen LogP contribution in [0, 0.1) is 0 Å². The second kappa shape index (κ2) is 6.96. The molecule has 1 saturated heterocycles. The number of rotatable bonds is 5. The van der Waals surface area contributed by atoms with Crippen LogP contribution in [0.3, 0.4) is 0 Å². The van der Waals surface area contributed by atoms with E-state index in [1.807, 2.05) is 48.5 Å². The van der Waals surface area contributed by atoms with Crippen LogP contribution in [0.5, 0.6) is 5.75 Å². The first-order valence-corrected chi connectivity index (χ1v) is 7.58. The van der Waals surface area contributed by atoms with Gasteiger partial charge in [-0.2, -0.15) is 0 Å². The first kappa shape index (κ1) is 15.1. The lowest BCUT2D eigenvalue weighted by molar-refractivity contribution is -0.127. The highest BCUT2D eigenvalue weighted by Gasteiger charge is 2.33. The van der Waals surface area contributed by atoms with Crippen molar-refractivity contribution in [3.63, 3.8) is 0 Å². The first-order valence-electron chi connectivity index (χ1n) is 7.58. The Labute approximate surface area is 134 Å². The maximum Gasteiger partial charge on any atom is 0.258 e. The zero-order valence-corrected chi connectivity index (χ0v) is 12.6. The van der Waals surface area contributed by atoms with E-state index in [2.05, 4.69) is 5.32 Å². The average molecular weight is 310 g/mol. The van der Waals surface area contributed by atoms with Crippen LogP contribution in [0.1, 0.15) is 6.42 Å². The highest BCUT2D eigenvalue weighted by atomic mass is 16.5. The quantitative estimate of drug-likeness (QED) is 0.919. The van der Waals surface area contributed by atoms with Crippen LogP contribution in [0.15, 0.2) is 60.7 Å². The minimum atomic E-state index is -0.484. The van der Waals surface area contributed by atoms with E-state index in [4.69, 9.17) is 4.74 Å². The Morgan fingerprint density at radius 3 is 2.43 bits per heavy atom. The topological polar surface area (TPSA) is 58.6 Å². The van der Waals surface area contributed by atoms with E-state index in [0.29, 0.717) is 18.7 Å². The second-order valence-electron chi connectivity index (χ2n) is 5.34. The van der Waals surface area contributed by atoms with Crippen LogP contribution >= 0.6 is 0 Å². The summed E-state index contributed by atoms with van der Waals surface area (Å²) in [5, 5.41) is 2.74. The van der Waals surface area contributed by atoms with Crippen LogP contribution in [0.4, 0.5) is 5.69 Å². The van der Waals surface area contributed by atoms with Crippen LogP contribution in [0.25, 0.3) is 0 Å². The van der Waals surface area contributed by atoms with E-state index in [9.17, 15) is 9.59 Å². The Kier molecular flexibility index (Phi) is 4.57. The molecule has 0 bridgehead atoms. The molecule has 0 aromatic heterocycles. The molecule has 1 N–H and O–H groups in total. The van der Waals surface area contributed by atoms with Gasteiger partial charge in [0.25, 0.3) is 5.91 Å². The highest BCUT2D eigenvalue weighted by Crippen LogP contribution is 2.21. The predicted molar refractivity (Wildman–Crippen MR) is 87.3 cm³/mol. The van der Waals surface area contributed by atoms with Gasteiger partial charge in [-0.3, -0.25) is 9.59 Å². The van der Waals surface area contributed by atoms with E-state index in [-0.39, 0.29) is 18.4 Å². The zero-order chi connectivity index (χ0) is 16.1. The van der Waals surface area contributed by atoms with Crippen molar-refractivity contribution in [2.45, 2.75) is 12.5 Å². The van der Waals surface area contributed by atoms with Gasteiger partial charge >= 0.3 is 0 Å². The monoisotopic (exact) mass is 310 g/mol. The molecular weight excluding hydrogens is 292 g/mol. The summed E-state index contributed by atoms with van der Waals surface area (Å²) in [4.78, 5) is 26.0. The number of benzene rings is 2. The first-order chi connectivity index (χ1) is 11.2. The SMILES string of the molecule is O=C(COc1ccccc1)N[C@@H]1CCN(c2ccccc2)C1=O. The number of nitrogens with one attached hydrogen (secondary N) is 1. The van der Waals surface area contributed by atoms with Crippen molar-refractivity contribution >= 4 is 17.5 Å². The van der Waals surface area contributed by atoms with E-state index >= 15 is 0 Å². The number of ether oxygens (including phenoxy) is 1. The Bertz CT molecular complexity index is 673. The molecule has 0 aliphatic carbocycles. The second-order valence-corrected chi connectivity index (χ2v) is 5.34. The molecule has 3 rings (SSSR count). The van der Waals surface area contributed by atoms with Crippen LogP contribution in [-0.4, -0.2) is 31.0 Å². The number of hydrogen-bond donors (Lipinski definition) is 1. The van der Waals surface area contributed by atoms with Crippen molar-refractivity contribution in [1.29, 1.82) is 0 Å². The largest absolute Gasteiger partial charge is 0.484 e. The summed E-state index contributed by atoms with van der Waals surface area (Å²) in [6, 6.07) is 18.1. The fourth-order valence-corrected chi connectivity index (χ4v) is 2.58. The van der Waals surface area contributed by atoms with Crippen LogP contribution < -0.4 is 15.0 Å². The molecule has 0 saturated carbocycles. The predicted octanol–water partition coefficient (Wildman–Crippen LogP) is 1.99. The van der Waals surface area contributed by atoms with E-state index in [1.54, 1.807) is 17.0 Å². The highest BCUT2D eigenvalue weighted by molar-refractivity contribution is 6.01. The Morgan fingerprint density at radius 2 is 1.74 bits per heavy atom. The van der Waals surface area contributed by atoms with E-state index < -0.39 is 6.04 Å². The minimum Gasteiger partial charge on any atom is -0.484 e. The van der Waals surface area contributed by atoms with Crippen LogP contribution in [-0.2, 0) is 9.59 Å². The molecule has 2 aromatic carbocycles. The Morgan fingerprint density at radius 1 is 1.09 bits per heavy atom. The molecule has 1 fully saturated rings. The van der Waals surface area contributed by atoms with Gasteiger partial charge in [-0.15, -0.1) is 0 Å². The van der Waals surface area contributed by atoms with Gasteiger partial charge < -0.3 is 15.0 Å². The van der Waals surface area contributed by atoms with Crippen molar-refractivity contribution in [2.75, 3.05) is 18.1 Å². The zero-order valence-electron chi connectivity index (χ0n) is 12.6. The smallest absolute Gasteiger partial charge is 0.258 e. The fraction of sp³-hybridized carbons (Fsp3) is 0.222. The molecular formula is C18H18N2O3. The van der Waals surface area contributed by atoms with Gasteiger partial charge in [-0.25, -0.2) is 0 Å². The molecule has 118 valence electrons. The number of para-hydroxylation sites is 2. The third kappa shape index (κ3) is 3.69. The molecule has 23 heavy (non-hydrogen) atoms. The molecule has 1 aliphatic heterocycles. The maximum absolute atomic E-state index is 12.4. The molecule has 2 amide bonds. The molecule has 1 heterocycles. The number of hydrogen-bond acceptors (Lipinski definition) is 3. The van der Waals surface area contributed by atoms with Crippen molar-refractivity contribution in [1.82, 2.24) is 5.32 Å². The standard InChI is InChI=1S/C18H18N2O3/c21-17(13-23-15-9-5-2-6-10-15)19-16-11-12-20(18(16)22)14-7-3-1-4-8-14/h1-10,16H,11-13H2,(H,19,21)/t16-/m1/s1. The molecule has 5 heteroatoms. The lowest BCUT2D eigenvalue weighted by atomic mass is 10.2. The summed E-state index contributed by atoms with van der Waals surface area (Å²) in [7, 11) is 0.